The molecule has 106 valence electrons. The largest absolute Gasteiger partial charge is 0.310 e. The molecular formula is C17H19BrClN. The highest BCUT2D eigenvalue weighted by Crippen LogP contribution is 2.19. The summed E-state index contributed by atoms with van der Waals surface area (Å²) in [6, 6.07) is 17.0. The number of benzene rings is 2. The summed E-state index contributed by atoms with van der Waals surface area (Å²) in [5.74, 6) is 0. The second-order valence-corrected chi connectivity index (χ2v) is 6.20. The van der Waals surface area contributed by atoms with E-state index in [0.29, 0.717) is 6.04 Å². The highest BCUT2D eigenvalue weighted by Gasteiger charge is 2.07. The molecule has 0 aliphatic heterocycles. The average molecular weight is 353 g/mol. The van der Waals surface area contributed by atoms with Crippen molar-refractivity contribution in [1.82, 2.24) is 5.32 Å². The molecular weight excluding hydrogens is 334 g/mol. The van der Waals surface area contributed by atoms with Gasteiger partial charge in [0.15, 0.2) is 0 Å². The van der Waals surface area contributed by atoms with Gasteiger partial charge in [-0.1, -0.05) is 58.7 Å². The summed E-state index contributed by atoms with van der Waals surface area (Å²) in [5.41, 5.74) is 2.65. The Bertz CT molecular complexity index is 522. The van der Waals surface area contributed by atoms with Gasteiger partial charge in [-0.25, -0.2) is 0 Å². The van der Waals surface area contributed by atoms with Crippen LogP contribution in [0, 0.1) is 0 Å². The summed E-state index contributed by atoms with van der Waals surface area (Å²) in [4.78, 5) is 0. The number of hydrogen-bond acceptors (Lipinski definition) is 1. The van der Waals surface area contributed by atoms with Crippen LogP contribution in [0.25, 0.3) is 0 Å². The first-order valence-electron chi connectivity index (χ1n) is 6.92. The lowest BCUT2D eigenvalue weighted by atomic mass is 10.0. The van der Waals surface area contributed by atoms with Gasteiger partial charge in [0.25, 0.3) is 0 Å². The Kier molecular flexibility index (Phi) is 6.08. The van der Waals surface area contributed by atoms with E-state index < -0.39 is 0 Å². The van der Waals surface area contributed by atoms with Crippen LogP contribution in [0.15, 0.2) is 53.0 Å². The maximum Gasteiger partial charge on any atom is 0.0406 e. The van der Waals surface area contributed by atoms with Crippen LogP contribution >= 0.6 is 27.5 Å². The molecule has 1 N–H and O–H groups in total. The quantitative estimate of drug-likeness (QED) is 0.735. The molecule has 2 rings (SSSR count). The summed E-state index contributed by atoms with van der Waals surface area (Å²) in [5, 5.41) is 4.41. The monoisotopic (exact) mass is 351 g/mol. The van der Waals surface area contributed by atoms with Crippen molar-refractivity contribution in [1.29, 1.82) is 0 Å². The van der Waals surface area contributed by atoms with Crippen LogP contribution in [0.2, 0.25) is 5.02 Å². The smallest absolute Gasteiger partial charge is 0.0406 e. The van der Waals surface area contributed by atoms with Gasteiger partial charge in [-0.05, 0) is 54.8 Å². The van der Waals surface area contributed by atoms with E-state index in [1.165, 1.54) is 11.1 Å². The van der Waals surface area contributed by atoms with E-state index >= 15 is 0 Å². The second-order valence-electron chi connectivity index (χ2n) is 4.84. The van der Waals surface area contributed by atoms with Crippen molar-refractivity contribution in [2.75, 3.05) is 6.54 Å². The van der Waals surface area contributed by atoms with Crippen LogP contribution < -0.4 is 5.32 Å². The third kappa shape index (κ3) is 4.62. The van der Waals surface area contributed by atoms with Crippen LogP contribution in [0.4, 0.5) is 0 Å². The van der Waals surface area contributed by atoms with Crippen molar-refractivity contribution in [3.63, 3.8) is 0 Å². The van der Waals surface area contributed by atoms with Gasteiger partial charge in [0.1, 0.15) is 0 Å². The average Bonchev–Trinajstić information content (AvgIpc) is 2.47. The van der Waals surface area contributed by atoms with Gasteiger partial charge in [-0.3, -0.25) is 0 Å². The Balaban J connectivity index is 1.87. The lowest BCUT2D eigenvalue weighted by Gasteiger charge is -2.17. The maximum atomic E-state index is 5.89. The normalized spacial score (nSPS) is 12.3. The molecule has 2 aromatic rings. The molecule has 3 heteroatoms. The Hall–Kier alpha value is -0.830. The Morgan fingerprint density at radius 2 is 1.70 bits per heavy atom. The third-order valence-corrected chi connectivity index (χ3v) is 4.18. The third-order valence-electron chi connectivity index (χ3n) is 3.40. The molecule has 20 heavy (non-hydrogen) atoms. The lowest BCUT2D eigenvalue weighted by molar-refractivity contribution is 0.522. The molecule has 1 unspecified atom stereocenters. The first-order valence-corrected chi connectivity index (χ1v) is 8.09. The molecule has 0 fully saturated rings. The van der Waals surface area contributed by atoms with Crippen LogP contribution in [-0.2, 0) is 6.42 Å². The van der Waals surface area contributed by atoms with Gasteiger partial charge in [0.2, 0.25) is 0 Å². The summed E-state index contributed by atoms with van der Waals surface area (Å²) < 4.78 is 1.12. The van der Waals surface area contributed by atoms with E-state index in [9.17, 15) is 0 Å². The van der Waals surface area contributed by atoms with Crippen LogP contribution in [0.5, 0.6) is 0 Å². The van der Waals surface area contributed by atoms with Crippen LogP contribution in [0.3, 0.4) is 0 Å². The zero-order valence-electron chi connectivity index (χ0n) is 11.6. The van der Waals surface area contributed by atoms with Gasteiger partial charge in [-0.15, -0.1) is 0 Å². The molecule has 0 heterocycles. The van der Waals surface area contributed by atoms with E-state index in [-0.39, 0.29) is 0 Å². The molecule has 1 nitrogen and oxygen atoms in total. The molecule has 0 saturated heterocycles. The highest BCUT2D eigenvalue weighted by atomic mass is 79.9. The predicted octanol–water partition coefficient (Wildman–Crippen LogP) is 5.39. The van der Waals surface area contributed by atoms with E-state index in [0.717, 1.165) is 28.9 Å². The van der Waals surface area contributed by atoms with Gasteiger partial charge in [-0.2, -0.15) is 0 Å². The molecule has 2 aromatic carbocycles. The van der Waals surface area contributed by atoms with Crippen molar-refractivity contribution >= 4 is 27.5 Å². The molecule has 0 aromatic heterocycles. The zero-order chi connectivity index (χ0) is 14.4. The van der Waals surface area contributed by atoms with E-state index in [2.05, 4.69) is 64.6 Å². The first kappa shape index (κ1) is 15.6. The predicted molar refractivity (Wildman–Crippen MR) is 90.3 cm³/mol. The minimum Gasteiger partial charge on any atom is -0.310 e. The minimum absolute atomic E-state index is 0.412. The van der Waals surface area contributed by atoms with Crippen molar-refractivity contribution in [3.05, 3.63) is 69.2 Å². The summed E-state index contributed by atoms with van der Waals surface area (Å²) in [7, 11) is 0. The van der Waals surface area contributed by atoms with Crippen molar-refractivity contribution in [3.8, 4) is 0 Å². The maximum absolute atomic E-state index is 5.89. The second kappa shape index (κ2) is 7.82. The van der Waals surface area contributed by atoms with Gasteiger partial charge < -0.3 is 5.32 Å². The minimum atomic E-state index is 0.412. The standard InChI is InChI=1S/C17H19BrClN/c1-2-17(14-5-7-15(18)8-6-14)20-12-11-13-3-9-16(19)10-4-13/h3-10,17,20H,2,11-12H2,1H3. The summed E-state index contributed by atoms with van der Waals surface area (Å²) in [6.45, 7) is 3.18. The molecule has 0 radical (unpaired) electrons. The molecule has 1 atom stereocenters. The Morgan fingerprint density at radius 3 is 2.30 bits per heavy atom. The van der Waals surface area contributed by atoms with E-state index in [1.54, 1.807) is 0 Å². The summed E-state index contributed by atoms with van der Waals surface area (Å²) in [6.07, 6.45) is 2.10. The Morgan fingerprint density at radius 1 is 1.05 bits per heavy atom. The Labute approximate surface area is 134 Å². The van der Waals surface area contributed by atoms with E-state index in [1.807, 2.05) is 12.1 Å². The molecule has 0 aliphatic rings. The fourth-order valence-electron chi connectivity index (χ4n) is 2.23. The van der Waals surface area contributed by atoms with Crippen molar-refractivity contribution < 1.29 is 0 Å². The number of rotatable bonds is 6. The lowest BCUT2D eigenvalue weighted by Crippen LogP contribution is -2.23. The number of halogens is 2. The SMILES string of the molecule is CCC(NCCc1ccc(Cl)cc1)c1ccc(Br)cc1. The van der Waals surface area contributed by atoms with Gasteiger partial charge in [0.05, 0.1) is 0 Å². The number of nitrogens with one attached hydrogen (secondary N) is 1. The molecule has 0 aliphatic carbocycles. The topological polar surface area (TPSA) is 12.0 Å². The van der Waals surface area contributed by atoms with Crippen LogP contribution in [0.1, 0.15) is 30.5 Å². The molecule has 0 bridgehead atoms. The number of hydrogen-bond donors (Lipinski definition) is 1. The zero-order valence-corrected chi connectivity index (χ0v) is 13.9. The first-order chi connectivity index (χ1) is 9.69. The fraction of sp³-hybridized carbons (Fsp3) is 0.294. The molecule has 0 amide bonds. The molecule has 0 spiro atoms. The van der Waals surface area contributed by atoms with Gasteiger partial charge >= 0.3 is 0 Å². The van der Waals surface area contributed by atoms with Gasteiger partial charge in [0, 0.05) is 15.5 Å². The summed E-state index contributed by atoms with van der Waals surface area (Å²) >= 11 is 9.37. The highest BCUT2D eigenvalue weighted by molar-refractivity contribution is 9.10. The van der Waals surface area contributed by atoms with Crippen LogP contribution in [-0.4, -0.2) is 6.54 Å². The van der Waals surface area contributed by atoms with E-state index in [4.69, 9.17) is 11.6 Å². The van der Waals surface area contributed by atoms with Crippen molar-refractivity contribution in [2.45, 2.75) is 25.8 Å². The van der Waals surface area contributed by atoms with Crippen molar-refractivity contribution in [2.24, 2.45) is 0 Å². The molecule has 0 saturated carbocycles. The fourth-order valence-corrected chi connectivity index (χ4v) is 2.63.